The number of tetrazole rings is 1. The molecule has 0 unspecified atom stereocenters. The lowest BCUT2D eigenvalue weighted by Gasteiger charge is -2.35. The number of carbonyl (C=O) groups is 2. The third-order valence-corrected chi connectivity index (χ3v) is 4.16. The Morgan fingerprint density at radius 3 is 2.88 bits per heavy atom. The van der Waals surface area contributed by atoms with Gasteiger partial charge in [0.1, 0.15) is 12.4 Å². The predicted molar refractivity (Wildman–Crippen MR) is 91.1 cm³/mol. The molecule has 0 bridgehead atoms. The molecule has 10 nitrogen and oxygen atoms in total. The van der Waals surface area contributed by atoms with Gasteiger partial charge in [0.2, 0.25) is 11.8 Å². The van der Waals surface area contributed by atoms with Crippen LogP contribution in [0.15, 0.2) is 18.3 Å². The van der Waals surface area contributed by atoms with Crippen molar-refractivity contribution < 1.29 is 14.3 Å². The van der Waals surface area contributed by atoms with Crippen molar-refractivity contribution >= 4 is 17.5 Å². The highest BCUT2D eigenvalue weighted by Gasteiger charge is 2.29. The van der Waals surface area contributed by atoms with Gasteiger partial charge in [-0.1, -0.05) is 0 Å². The summed E-state index contributed by atoms with van der Waals surface area (Å²) in [6.45, 7) is 4.84. The number of hydrogen-bond acceptors (Lipinski definition) is 7. The predicted octanol–water partition coefficient (Wildman–Crippen LogP) is -0.0589. The molecule has 0 aliphatic carbocycles. The van der Waals surface area contributed by atoms with E-state index in [0.717, 1.165) is 5.69 Å². The van der Waals surface area contributed by atoms with E-state index in [1.807, 2.05) is 13.0 Å². The van der Waals surface area contributed by atoms with Crippen molar-refractivity contribution in [3.63, 3.8) is 0 Å². The van der Waals surface area contributed by atoms with Gasteiger partial charge in [0.25, 0.3) is 0 Å². The standard InChI is InChI=1S/C16H21N7O3/c1-11-3-4-13(8-17-11)18-15(24)7-14-10-26-6-5-22(14)16(25)9-23-12(2)19-20-21-23/h3-4,8,14H,5-7,9-10H2,1-2H3,(H,18,24)/t14-/m0/s1. The van der Waals surface area contributed by atoms with Crippen LogP contribution in [0, 0.1) is 13.8 Å². The number of rotatable bonds is 5. The molecule has 2 aromatic heterocycles. The topological polar surface area (TPSA) is 115 Å². The summed E-state index contributed by atoms with van der Waals surface area (Å²) < 4.78 is 6.89. The Morgan fingerprint density at radius 1 is 1.35 bits per heavy atom. The van der Waals surface area contributed by atoms with Gasteiger partial charge in [-0.3, -0.25) is 14.6 Å². The molecule has 2 amide bonds. The minimum Gasteiger partial charge on any atom is -0.377 e. The second-order valence-electron chi connectivity index (χ2n) is 6.14. The molecule has 1 aliphatic rings. The lowest BCUT2D eigenvalue weighted by molar-refractivity contribution is -0.142. The minimum absolute atomic E-state index is 0.0405. The number of amides is 2. The molecule has 1 saturated heterocycles. The van der Waals surface area contributed by atoms with E-state index in [2.05, 4.69) is 25.8 Å². The number of hydrogen-bond donors (Lipinski definition) is 1. The Bertz CT molecular complexity index is 774. The van der Waals surface area contributed by atoms with E-state index in [-0.39, 0.29) is 30.8 Å². The quantitative estimate of drug-likeness (QED) is 0.795. The molecule has 2 aromatic rings. The largest absolute Gasteiger partial charge is 0.377 e. The molecule has 26 heavy (non-hydrogen) atoms. The van der Waals surface area contributed by atoms with Crippen LogP contribution in [0.25, 0.3) is 0 Å². The van der Waals surface area contributed by atoms with Crippen LogP contribution in [0.3, 0.4) is 0 Å². The molecular formula is C16H21N7O3. The van der Waals surface area contributed by atoms with Crippen LogP contribution in [-0.4, -0.2) is 67.7 Å². The lowest BCUT2D eigenvalue weighted by Crippen LogP contribution is -2.51. The summed E-state index contributed by atoms with van der Waals surface area (Å²) in [5.41, 5.74) is 1.50. The molecule has 3 heterocycles. The normalized spacial score (nSPS) is 17.2. The Hall–Kier alpha value is -2.88. The molecule has 0 saturated carbocycles. The maximum Gasteiger partial charge on any atom is 0.244 e. The zero-order valence-electron chi connectivity index (χ0n) is 14.8. The fourth-order valence-electron chi connectivity index (χ4n) is 2.73. The molecule has 3 rings (SSSR count). The monoisotopic (exact) mass is 359 g/mol. The molecule has 10 heteroatoms. The van der Waals surface area contributed by atoms with Crippen molar-refractivity contribution in [2.24, 2.45) is 0 Å². The van der Waals surface area contributed by atoms with Crippen molar-refractivity contribution in [1.82, 2.24) is 30.1 Å². The summed E-state index contributed by atoms with van der Waals surface area (Å²) in [6, 6.07) is 3.29. The summed E-state index contributed by atoms with van der Waals surface area (Å²) in [4.78, 5) is 30.8. The van der Waals surface area contributed by atoms with Gasteiger partial charge in [-0.15, -0.1) is 5.10 Å². The average Bonchev–Trinajstić information content (AvgIpc) is 3.02. The number of aryl methyl sites for hydroxylation is 2. The Balaban J connectivity index is 1.61. The van der Waals surface area contributed by atoms with Gasteiger partial charge in [-0.05, 0) is 36.4 Å². The van der Waals surface area contributed by atoms with Gasteiger partial charge in [0, 0.05) is 18.7 Å². The summed E-state index contributed by atoms with van der Waals surface area (Å²) in [5, 5.41) is 13.9. The van der Waals surface area contributed by atoms with Gasteiger partial charge in [0.15, 0.2) is 0 Å². The lowest BCUT2D eigenvalue weighted by atomic mass is 10.1. The van der Waals surface area contributed by atoms with Crippen LogP contribution < -0.4 is 5.32 Å². The first-order chi connectivity index (χ1) is 12.5. The second-order valence-corrected chi connectivity index (χ2v) is 6.14. The van der Waals surface area contributed by atoms with Gasteiger partial charge in [0.05, 0.1) is 31.1 Å². The second kappa shape index (κ2) is 8.00. The first kappa shape index (κ1) is 17.9. The zero-order valence-corrected chi connectivity index (χ0v) is 14.8. The summed E-state index contributed by atoms with van der Waals surface area (Å²) in [5.74, 6) is 0.230. The summed E-state index contributed by atoms with van der Waals surface area (Å²) in [6.07, 6.45) is 1.75. The average molecular weight is 359 g/mol. The van der Waals surface area contributed by atoms with Crippen molar-refractivity contribution in [2.75, 3.05) is 25.1 Å². The number of aromatic nitrogens is 5. The fraction of sp³-hybridized carbons (Fsp3) is 0.500. The number of ether oxygens (including phenoxy) is 1. The van der Waals surface area contributed by atoms with Crippen LogP contribution >= 0.6 is 0 Å². The van der Waals surface area contributed by atoms with E-state index < -0.39 is 0 Å². The fourth-order valence-corrected chi connectivity index (χ4v) is 2.73. The van der Waals surface area contributed by atoms with E-state index >= 15 is 0 Å². The highest BCUT2D eigenvalue weighted by Crippen LogP contribution is 2.14. The van der Waals surface area contributed by atoms with E-state index in [0.29, 0.717) is 31.3 Å². The van der Waals surface area contributed by atoms with E-state index in [4.69, 9.17) is 4.74 Å². The number of morpholine rings is 1. The summed E-state index contributed by atoms with van der Waals surface area (Å²) in [7, 11) is 0. The Morgan fingerprint density at radius 2 is 2.19 bits per heavy atom. The van der Waals surface area contributed by atoms with Crippen LogP contribution in [0.4, 0.5) is 5.69 Å². The van der Waals surface area contributed by atoms with Crippen LogP contribution in [0.1, 0.15) is 17.9 Å². The zero-order chi connectivity index (χ0) is 18.5. The van der Waals surface area contributed by atoms with Crippen LogP contribution in [-0.2, 0) is 20.9 Å². The molecule has 1 aliphatic heterocycles. The maximum atomic E-state index is 12.6. The first-order valence-corrected chi connectivity index (χ1v) is 8.35. The van der Waals surface area contributed by atoms with Crippen molar-refractivity contribution in [3.8, 4) is 0 Å². The number of pyridine rings is 1. The van der Waals surface area contributed by atoms with Gasteiger partial charge in [-0.2, -0.15) is 0 Å². The highest BCUT2D eigenvalue weighted by atomic mass is 16.5. The minimum atomic E-state index is -0.327. The SMILES string of the molecule is Cc1ccc(NC(=O)C[C@H]2COCCN2C(=O)Cn2nnnc2C)cn1. The van der Waals surface area contributed by atoms with Crippen molar-refractivity contribution in [3.05, 3.63) is 29.8 Å². The molecule has 1 fully saturated rings. The number of nitrogens with one attached hydrogen (secondary N) is 1. The third-order valence-electron chi connectivity index (χ3n) is 4.16. The summed E-state index contributed by atoms with van der Waals surface area (Å²) >= 11 is 0. The number of nitrogens with zero attached hydrogens (tertiary/aromatic N) is 6. The molecule has 1 N–H and O–H groups in total. The van der Waals surface area contributed by atoms with Gasteiger partial charge in [-0.25, -0.2) is 4.68 Å². The highest BCUT2D eigenvalue weighted by molar-refractivity contribution is 5.91. The molecule has 1 atom stereocenters. The van der Waals surface area contributed by atoms with Gasteiger partial charge >= 0.3 is 0 Å². The Kier molecular flexibility index (Phi) is 5.52. The number of carbonyl (C=O) groups excluding carboxylic acids is 2. The third kappa shape index (κ3) is 4.39. The van der Waals surface area contributed by atoms with Gasteiger partial charge < -0.3 is 15.0 Å². The molecule has 138 valence electrons. The van der Waals surface area contributed by atoms with E-state index in [9.17, 15) is 9.59 Å². The van der Waals surface area contributed by atoms with Crippen molar-refractivity contribution in [2.45, 2.75) is 32.9 Å². The number of anilines is 1. The molecular weight excluding hydrogens is 338 g/mol. The van der Waals surface area contributed by atoms with Crippen LogP contribution in [0.5, 0.6) is 0 Å². The van der Waals surface area contributed by atoms with E-state index in [1.54, 1.807) is 24.1 Å². The molecule has 0 spiro atoms. The van der Waals surface area contributed by atoms with Crippen LogP contribution in [0.2, 0.25) is 0 Å². The Labute approximate surface area is 150 Å². The first-order valence-electron chi connectivity index (χ1n) is 8.35. The van der Waals surface area contributed by atoms with Crippen molar-refractivity contribution in [1.29, 1.82) is 0 Å². The van der Waals surface area contributed by atoms with E-state index in [1.165, 1.54) is 4.68 Å². The smallest absolute Gasteiger partial charge is 0.244 e. The molecule has 0 radical (unpaired) electrons. The maximum absolute atomic E-state index is 12.6. The molecule has 0 aromatic carbocycles.